The number of likely N-dealkylation sites (tertiary alicyclic amines) is 1. The van der Waals surface area contributed by atoms with E-state index in [1.165, 1.54) is 29.7 Å². The van der Waals surface area contributed by atoms with Gasteiger partial charge in [0.1, 0.15) is 0 Å². The van der Waals surface area contributed by atoms with Gasteiger partial charge in [-0.2, -0.15) is 5.10 Å². The van der Waals surface area contributed by atoms with Crippen molar-refractivity contribution >= 4 is 17.7 Å². The van der Waals surface area contributed by atoms with Gasteiger partial charge in [-0.25, -0.2) is 0 Å². The molecule has 1 N–H and O–H groups in total. The molecule has 2 aliphatic rings. The summed E-state index contributed by atoms with van der Waals surface area (Å²) in [7, 11) is 3.89. The van der Waals surface area contributed by atoms with Gasteiger partial charge < -0.3 is 10.2 Å². The molecule has 0 bridgehead atoms. The van der Waals surface area contributed by atoms with Crippen molar-refractivity contribution in [3.8, 4) is 0 Å². The number of hydrogen-bond donors (Lipinski definition) is 1. The lowest BCUT2D eigenvalue weighted by Crippen LogP contribution is -2.43. The first-order valence-corrected chi connectivity index (χ1v) is 10.6. The second-order valence-corrected chi connectivity index (χ2v) is 9.37. The first kappa shape index (κ1) is 18.4. The van der Waals surface area contributed by atoms with E-state index < -0.39 is 0 Å². The van der Waals surface area contributed by atoms with Crippen LogP contribution < -0.4 is 5.32 Å². The average Bonchev–Trinajstić information content (AvgIpc) is 3.07. The number of nitrogens with one attached hydrogen (secondary N) is 1. The Hall–Kier alpha value is -1.95. The summed E-state index contributed by atoms with van der Waals surface area (Å²) in [6, 6.07) is 10.7. The summed E-state index contributed by atoms with van der Waals surface area (Å²) in [5, 5.41) is 7.95. The maximum atomic E-state index is 4.56. The van der Waals surface area contributed by atoms with E-state index in [1.807, 2.05) is 36.7 Å². The second-order valence-electron chi connectivity index (χ2n) is 7.83. The number of hydrogen-bond acceptors (Lipinski definition) is 3. The van der Waals surface area contributed by atoms with Crippen molar-refractivity contribution in [2.45, 2.75) is 35.3 Å². The lowest BCUT2D eigenvalue weighted by Gasteiger charge is -2.24. The molecule has 144 valence electrons. The smallest absolute Gasteiger partial charge is 0.193 e. The first-order valence-electron chi connectivity index (χ1n) is 9.83. The molecule has 2 fully saturated rings. The summed E-state index contributed by atoms with van der Waals surface area (Å²) in [5.41, 5.74) is 1.34. The molecule has 1 atom stereocenters. The highest BCUT2D eigenvalue weighted by molar-refractivity contribution is 8.01. The Balaban J connectivity index is 1.28. The van der Waals surface area contributed by atoms with Gasteiger partial charge in [0.25, 0.3) is 0 Å². The van der Waals surface area contributed by atoms with Crippen molar-refractivity contribution in [3.63, 3.8) is 0 Å². The molecule has 2 aromatic rings. The molecule has 1 saturated heterocycles. The van der Waals surface area contributed by atoms with Crippen LogP contribution in [-0.2, 0) is 13.5 Å². The second kappa shape index (κ2) is 7.97. The van der Waals surface area contributed by atoms with Gasteiger partial charge in [-0.3, -0.25) is 9.67 Å². The van der Waals surface area contributed by atoms with Crippen LogP contribution in [0.1, 0.15) is 24.8 Å². The molecular weight excluding hydrogens is 354 g/mol. The largest absolute Gasteiger partial charge is 0.355 e. The number of aromatic nitrogens is 2. The van der Waals surface area contributed by atoms with Gasteiger partial charge >= 0.3 is 0 Å². The summed E-state index contributed by atoms with van der Waals surface area (Å²) >= 11 is 2.01. The Morgan fingerprint density at radius 1 is 1.33 bits per heavy atom. The van der Waals surface area contributed by atoms with Crippen molar-refractivity contribution in [3.05, 3.63) is 48.3 Å². The molecular formula is C21H29N5S. The summed E-state index contributed by atoms with van der Waals surface area (Å²) < 4.78 is 2.23. The maximum Gasteiger partial charge on any atom is 0.193 e. The van der Waals surface area contributed by atoms with Crippen LogP contribution in [0.2, 0.25) is 0 Å². The van der Waals surface area contributed by atoms with Crippen LogP contribution in [-0.4, -0.2) is 52.1 Å². The monoisotopic (exact) mass is 383 g/mol. The molecule has 1 unspecified atom stereocenters. The van der Waals surface area contributed by atoms with Crippen LogP contribution in [0, 0.1) is 5.92 Å². The predicted molar refractivity (Wildman–Crippen MR) is 112 cm³/mol. The zero-order chi connectivity index (χ0) is 18.7. The predicted octanol–water partition coefficient (Wildman–Crippen LogP) is 3.18. The SMILES string of the molecule is CN=C(NCC1(Sc2ccccc2)CC1)N1CCC(Cc2cnn(C)c2)C1. The van der Waals surface area contributed by atoms with E-state index in [0.29, 0.717) is 10.7 Å². The fourth-order valence-electron chi connectivity index (χ4n) is 3.87. The number of rotatable bonds is 6. The molecule has 1 aromatic heterocycles. The Morgan fingerprint density at radius 3 is 2.81 bits per heavy atom. The molecule has 27 heavy (non-hydrogen) atoms. The number of benzene rings is 1. The van der Waals surface area contributed by atoms with Crippen LogP contribution in [0.3, 0.4) is 0 Å². The van der Waals surface area contributed by atoms with E-state index in [-0.39, 0.29) is 0 Å². The van der Waals surface area contributed by atoms with E-state index >= 15 is 0 Å². The van der Waals surface area contributed by atoms with Crippen molar-refractivity contribution in [1.82, 2.24) is 20.0 Å². The maximum absolute atomic E-state index is 4.56. The van der Waals surface area contributed by atoms with Gasteiger partial charge in [-0.15, -0.1) is 11.8 Å². The molecule has 2 heterocycles. The normalized spacial score (nSPS) is 21.5. The third kappa shape index (κ3) is 4.67. The minimum atomic E-state index is 0.339. The fourth-order valence-corrected chi connectivity index (χ4v) is 5.11. The third-order valence-corrected chi connectivity index (χ3v) is 7.03. The average molecular weight is 384 g/mol. The quantitative estimate of drug-likeness (QED) is 0.615. The molecule has 0 radical (unpaired) electrons. The molecule has 1 saturated carbocycles. The van der Waals surface area contributed by atoms with Gasteiger partial charge in [0.05, 0.1) is 6.20 Å². The van der Waals surface area contributed by atoms with E-state index in [2.05, 4.69) is 56.8 Å². The third-order valence-electron chi connectivity index (χ3n) is 5.53. The number of guanidine groups is 1. The Bertz CT molecular complexity index is 781. The zero-order valence-corrected chi connectivity index (χ0v) is 17.1. The van der Waals surface area contributed by atoms with Crippen molar-refractivity contribution in [2.75, 3.05) is 26.7 Å². The molecule has 6 heteroatoms. The van der Waals surface area contributed by atoms with Crippen LogP contribution >= 0.6 is 11.8 Å². The van der Waals surface area contributed by atoms with Crippen molar-refractivity contribution in [2.24, 2.45) is 18.0 Å². The highest BCUT2D eigenvalue weighted by atomic mass is 32.2. The van der Waals surface area contributed by atoms with Gasteiger partial charge in [0.15, 0.2) is 5.96 Å². The van der Waals surface area contributed by atoms with Crippen LogP contribution in [0.25, 0.3) is 0 Å². The van der Waals surface area contributed by atoms with E-state index in [1.54, 1.807) is 0 Å². The number of thioether (sulfide) groups is 1. The highest BCUT2D eigenvalue weighted by Gasteiger charge is 2.44. The van der Waals surface area contributed by atoms with Crippen LogP contribution in [0.5, 0.6) is 0 Å². The molecule has 1 aliphatic carbocycles. The Morgan fingerprint density at radius 2 is 2.15 bits per heavy atom. The summed E-state index contributed by atoms with van der Waals surface area (Å²) in [6.45, 7) is 3.15. The lowest BCUT2D eigenvalue weighted by molar-refractivity contribution is 0.459. The molecule has 0 amide bonds. The molecule has 4 rings (SSSR count). The first-order chi connectivity index (χ1) is 13.2. The van der Waals surface area contributed by atoms with E-state index in [4.69, 9.17) is 0 Å². The minimum Gasteiger partial charge on any atom is -0.355 e. The lowest BCUT2D eigenvalue weighted by atomic mass is 10.0. The molecule has 1 aliphatic heterocycles. The number of aliphatic imine (C=N–C) groups is 1. The number of aryl methyl sites for hydroxylation is 1. The summed E-state index contributed by atoms with van der Waals surface area (Å²) in [6.07, 6.45) is 9.01. The van der Waals surface area contributed by atoms with Gasteiger partial charge in [-0.1, -0.05) is 18.2 Å². The van der Waals surface area contributed by atoms with Crippen molar-refractivity contribution < 1.29 is 0 Å². The topological polar surface area (TPSA) is 45.5 Å². The van der Waals surface area contributed by atoms with Gasteiger partial charge in [0, 0.05) is 49.6 Å². The van der Waals surface area contributed by atoms with E-state index in [9.17, 15) is 0 Å². The van der Waals surface area contributed by atoms with E-state index in [0.717, 1.165) is 32.0 Å². The fraction of sp³-hybridized carbons (Fsp3) is 0.524. The van der Waals surface area contributed by atoms with Crippen LogP contribution in [0.4, 0.5) is 0 Å². The molecule has 1 aromatic carbocycles. The van der Waals surface area contributed by atoms with Gasteiger partial charge in [-0.05, 0) is 49.3 Å². The Labute approximate surface area is 166 Å². The zero-order valence-electron chi connectivity index (χ0n) is 16.3. The standard InChI is InChI=1S/C21H29N5S/c1-22-20(23-16-21(9-10-21)27-19-6-4-3-5-7-19)26-11-8-17(15-26)12-18-13-24-25(2)14-18/h3-7,13-14,17H,8-12,15-16H2,1-2H3,(H,22,23). The number of nitrogens with zero attached hydrogens (tertiary/aromatic N) is 4. The van der Waals surface area contributed by atoms with Gasteiger partial charge in [0.2, 0.25) is 0 Å². The molecule has 5 nitrogen and oxygen atoms in total. The van der Waals surface area contributed by atoms with Crippen LogP contribution in [0.15, 0.2) is 52.6 Å². The van der Waals surface area contributed by atoms with Crippen molar-refractivity contribution in [1.29, 1.82) is 0 Å². The summed E-state index contributed by atoms with van der Waals surface area (Å²) in [4.78, 5) is 8.35. The minimum absolute atomic E-state index is 0.339. The Kier molecular flexibility index (Phi) is 5.43. The highest BCUT2D eigenvalue weighted by Crippen LogP contribution is 2.51. The summed E-state index contributed by atoms with van der Waals surface area (Å²) in [5.74, 6) is 1.74. The molecule has 0 spiro atoms.